The number of fused-ring (bicyclic) bond motifs is 1. The first-order chi connectivity index (χ1) is 8.61. The number of carbonyl (C=O) groups excluding carboxylic acids is 1. The minimum absolute atomic E-state index is 0.198. The topological polar surface area (TPSA) is 38.7 Å². The van der Waals surface area contributed by atoms with E-state index in [1.807, 2.05) is 18.2 Å². The van der Waals surface area contributed by atoms with Gasteiger partial charge in [-0.2, -0.15) is 0 Å². The largest absolute Gasteiger partial charge is 0.492 e. The number of benzene rings is 1. The van der Waals surface area contributed by atoms with E-state index in [2.05, 4.69) is 34.8 Å². The number of rotatable bonds is 3. The highest BCUT2D eigenvalue weighted by molar-refractivity contribution is 9.10. The van der Waals surface area contributed by atoms with Gasteiger partial charge in [-0.05, 0) is 30.5 Å². The maximum Gasteiger partial charge on any atom is 0.233 e. The lowest BCUT2D eigenvalue weighted by molar-refractivity contribution is -0.106. The molecule has 1 heterocycles. The first kappa shape index (κ1) is 13.3. The average molecular weight is 310 g/mol. The molecule has 18 heavy (non-hydrogen) atoms. The van der Waals surface area contributed by atoms with Crippen LogP contribution in [0.2, 0.25) is 0 Å². The van der Waals surface area contributed by atoms with Crippen LogP contribution in [0.4, 0.5) is 0 Å². The van der Waals surface area contributed by atoms with E-state index in [1.165, 1.54) is 0 Å². The van der Waals surface area contributed by atoms with Crippen molar-refractivity contribution in [2.75, 3.05) is 6.61 Å². The highest BCUT2D eigenvalue weighted by Gasteiger charge is 2.27. The van der Waals surface area contributed by atoms with E-state index in [1.54, 1.807) is 0 Å². The fraction of sp³-hybridized carbons (Fsp3) is 0.429. The number of halogens is 1. The zero-order valence-electron chi connectivity index (χ0n) is 10.5. The highest BCUT2D eigenvalue weighted by atomic mass is 79.9. The van der Waals surface area contributed by atoms with Crippen molar-refractivity contribution in [1.82, 2.24) is 0 Å². The van der Waals surface area contributed by atoms with Crippen LogP contribution in [-0.4, -0.2) is 18.7 Å². The standard InChI is InChI=1S/C14H16BrNO2/c1-9(2)5-10-7-18-13-6-11(15)3-4-12(13)14(10)16-8-17/h3-4,6,8-10H,5,7H2,1-2H3. The molecule has 1 unspecified atom stereocenters. The minimum Gasteiger partial charge on any atom is -0.492 e. The van der Waals surface area contributed by atoms with Crippen molar-refractivity contribution >= 4 is 28.1 Å². The van der Waals surface area contributed by atoms with E-state index in [-0.39, 0.29) is 5.92 Å². The second-order valence-corrected chi connectivity index (χ2v) is 5.81. The Morgan fingerprint density at radius 2 is 2.33 bits per heavy atom. The Bertz CT molecular complexity index is 483. The monoisotopic (exact) mass is 309 g/mol. The summed E-state index contributed by atoms with van der Waals surface area (Å²) in [6, 6.07) is 5.82. The third-order valence-electron chi connectivity index (χ3n) is 2.99. The smallest absolute Gasteiger partial charge is 0.233 e. The average Bonchev–Trinajstić information content (AvgIpc) is 2.31. The molecule has 0 bridgehead atoms. The zero-order valence-corrected chi connectivity index (χ0v) is 12.1. The lowest BCUT2D eigenvalue weighted by atomic mass is 9.87. The maximum atomic E-state index is 10.7. The molecule has 1 aliphatic heterocycles. The molecule has 1 atom stereocenters. The molecule has 0 aliphatic carbocycles. The summed E-state index contributed by atoms with van der Waals surface area (Å²) in [6.45, 7) is 4.92. The first-order valence-electron chi connectivity index (χ1n) is 6.06. The Morgan fingerprint density at radius 3 is 3.00 bits per heavy atom. The molecule has 0 saturated heterocycles. The van der Waals surface area contributed by atoms with Gasteiger partial charge in [-0.3, -0.25) is 4.79 Å². The van der Waals surface area contributed by atoms with Crippen molar-refractivity contribution in [1.29, 1.82) is 0 Å². The Balaban J connectivity index is 2.39. The Hall–Kier alpha value is -1.16. The molecule has 0 fully saturated rings. The van der Waals surface area contributed by atoms with Gasteiger partial charge in [0.25, 0.3) is 0 Å². The second-order valence-electron chi connectivity index (χ2n) is 4.90. The molecule has 1 aromatic carbocycles. The zero-order chi connectivity index (χ0) is 13.1. The van der Waals surface area contributed by atoms with Gasteiger partial charge in [0.05, 0.1) is 12.3 Å². The van der Waals surface area contributed by atoms with Gasteiger partial charge in [0.2, 0.25) is 6.41 Å². The molecule has 3 nitrogen and oxygen atoms in total. The van der Waals surface area contributed by atoms with Crippen LogP contribution >= 0.6 is 15.9 Å². The van der Waals surface area contributed by atoms with E-state index in [0.29, 0.717) is 18.9 Å². The summed E-state index contributed by atoms with van der Waals surface area (Å²) in [5.41, 5.74) is 1.79. The van der Waals surface area contributed by atoms with Crippen molar-refractivity contribution in [3.63, 3.8) is 0 Å². The Morgan fingerprint density at radius 1 is 1.56 bits per heavy atom. The SMILES string of the molecule is CC(C)CC1COc2cc(Br)ccc2C1=NC=O. The molecule has 0 aromatic heterocycles. The molecular weight excluding hydrogens is 294 g/mol. The van der Waals surface area contributed by atoms with Crippen molar-refractivity contribution in [3.05, 3.63) is 28.2 Å². The predicted octanol–water partition coefficient (Wildman–Crippen LogP) is 3.45. The molecule has 0 saturated carbocycles. The number of nitrogens with zero attached hydrogens (tertiary/aromatic N) is 1. The molecule has 1 amide bonds. The second kappa shape index (κ2) is 5.65. The normalized spacial score (nSPS) is 20.7. The molecular formula is C14H16BrNO2. The number of amides is 1. The Kier molecular flexibility index (Phi) is 4.17. The minimum atomic E-state index is 0.198. The fourth-order valence-electron chi connectivity index (χ4n) is 2.30. The molecule has 1 aliphatic rings. The van der Waals surface area contributed by atoms with E-state index in [4.69, 9.17) is 4.74 Å². The van der Waals surface area contributed by atoms with Crippen LogP contribution in [0.3, 0.4) is 0 Å². The van der Waals surface area contributed by atoms with Crippen LogP contribution in [0.1, 0.15) is 25.8 Å². The van der Waals surface area contributed by atoms with Crippen molar-refractivity contribution in [2.45, 2.75) is 20.3 Å². The van der Waals surface area contributed by atoms with Crippen LogP contribution in [0.5, 0.6) is 5.75 Å². The van der Waals surface area contributed by atoms with Gasteiger partial charge in [0.15, 0.2) is 0 Å². The van der Waals surface area contributed by atoms with E-state index in [9.17, 15) is 4.79 Å². The number of carbonyl (C=O) groups is 1. The van der Waals surface area contributed by atoms with Gasteiger partial charge in [0.1, 0.15) is 5.75 Å². The van der Waals surface area contributed by atoms with Gasteiger partial charge in [-0.15, -0.1) is 0 Å². The van der Waals surface area contributed by atoms with Crippen LogP contribution in [0.15, 0.2) is 27.7 Å². The number of ether oxygens (including phenoxy) is 1. The summed E-state index contributed by atoms with van der Waals surface area (Å²) in [7, 11) is 0. The van der Waals surface area contributed by atoms with E-state index >= 15 is 0 Å². The van der Waals surface area contributed by atoms with Crippen molar-refractivity contribution < 1.29 is 9.53 Å². The molecule has 1 aromatic rings. The molecule has 0 N–H and O–H groups in total. The number of aliphatic imine (C=N–C) groups is 1. The fourth-order valence-corrected chi connectivity index (χ4v) is 2.64. The van der Waals surface area contributed by atoms with Crippen LogP contribution in [0.25, 0.3) is 0 Å². The quantitative estimate of drug-likeness (QED) is 0.802. The lowest BCUT2D eigenvalue weighted by Crippen LogP contribution is -2.29. The highest BCUT2D eigenvalue weighted by Crippen LogP contribution is 2.32. The van der Waals surface area contributed by atoms with Crippen LogP contribution in [-0.2, 0) is 4.79 Å². The summed E-state index contributed by atoms with van der Waals surface area (Å²) in [6.07, 6.45) is 1.60. The van der Waals surface area contributed by atoms with E-state index in [0.717, 1.165) is 27.9 Å². The molecule has 4 heteroatoms. The summed E-state index contributed by atoms with van der Waals surface area (Å²) in [4.78, 5) is 14.8. The summed E-state index contributed by atoms with van der Waals surface area (Å²) < 4.78 is 6.73. The maximum absolute atomic E-state index is 10.7. The number of hydrogen-bond donors (Lipinski definition) is 0. The van der Waals surface area contributed by atoms with Gasteiger partial charge < -0.3 is 4.74 Å². The van der Waals surface area contributed by atoms with Crippen molar-refractivity contribution in [3.8, 4) is 5.75 Å². The van der Waals surface area contributed by atoms with Crippen molar-refractivity contribution in [2.24, 2.45) is 16.8 Å². The summed E-state index contributed by atoms with van der Waals surface area (Å²) in [5.74, 6) is 1.54. The molecule has 0 spiro atoms. The molecule has 96 valence electrons. The van der Waals surface area contributed by atoms with Gasteiger partial charge in [-0.1, -0.05) is 29.8 Å². The lowest BCUT2D eigenvalue weighted by Gasteiger charge is -2.28. The van der Waals surface area contributed by atoms with Gasteiger partial charge in [-0.25, -0.2) is 4.99 Å². The Labute approximate surface area is 115 Å². The van der Waals surface area contributed by atoms with Crippen LogP contribution < -0.4 is 4.74 Å². The third-order valence-corrected chi connectivity index (χ3v) is 3.49. The molecule has 2 rings (SSSR count). The summed E-state index contributed by atoms with van der Waals surface area (Å²) >= 11 is 3.42. The van der Waals surface area contributed by atoms with E-state index < -0.39 is 0 Å². The van der Waals surface area contributed by atoms with Crippen LogP contribution in [0, 0.1) is 11.8 Å². The number of hydrogen-bond acceptors (Lipinski definition) is 2. The van der Waals surface area contributed by atoms with Gasteiger partial charge in [0, 0.05) is 16.0 Å². The predicted molar refractivity (Wildman–Crippen MR) is 75.2 cm³/mol. The van der Waals surface area contributed by atoms with Gasteiger partial charge >= 0.3 is 0 Å². The molecule has 0 radical (unpaired) electrons. The first-order valence-corrected chi connectivity index (χ1v) is 6.85. The third kappa shape index (κ3) is 2.80. The summed E-state index contributed by atoms with van der Waals surface area (Å²) in [5, 5.41) is 0.